The van der Waals surface area contributed by atoms with Crippen molar-refractivity contribution in [2.75, 3.05) is 0 Å². The highest BCUT2D eigenvalue weighted by Gasteiger charge is 2.26. The quantitative estimate of drug-likeness (QED) is 0.759. The molecule has 0 atom stereocenters. The molecule has 3 nitrogen and oxygen atoms in total. The molecule has 0 aliphatic rings. The van der Waals surface area contributed by atoms with Crippen molar-refractivity contribution < 1.29 is 12.6 Å². The van der Waals surface area contributed by atoms with E-state index >= 15 is 0 Å². The van der Waals surface area contributed by atoms with E-state index in [0.717, 1.165) is 16.7 Å². The van der Waals surface area contributed by atoms with Gasteiger partial charge in [0.2, 0.25) is 0 Å². The van der Waals surface area contributed by atoms with E-state index < -0.39 is 10.1 Å². The molecule has 114 valence electrons. The Morgan fingerprint density at radius 3 is 1.80 bits per heavy atom. The lowest BCUT2D eigenvalue weighted by Crippen LogP contribution is -2.16. The SMILES string of the molecule is Cc1ccc(S(=O)(=O)OC(C)C)c(C(C)C)c1C(C)C. The average molecular weight is 298 g/mol. The van der Waals surface area contributed by atoms with Crippen molar-refractivity contribution >= 4 is 10.1 Å². The van der Waals surface area contributed by atoms with Gasteiger partial charge in [-0.05, 0) is 55.4 Å². The first-order valence-electron chi connectivity index (χ1n) is 7.14. The van der Waals surface area contributed by atoms with Crippen LogP contribution in [0.15, 0.2) is 17.0 Å². The third-order valence-electron chi connectivity index (χ3n) is 3.21. The number of aryl methyl sites for hydroxylation is 1. The predicted octanol–water partition coefficient (Wildman–Crippen LogP) is 4.36. The topological polar surface area (TPSA) is 43.4 Å². The minimum Gasteiger partial charge on any atom is -0.264 e. The van der Waals surface area contributed by atoms with Gasteiger partial charge in [0.15, 0.2) is 0 Å². The van der Waals surface area contributed by atoms with Gasteiger partial charge in [-0.3, -0.25) is 4.18 Å². The maximum Gasteiger partial charge on any atom is 0.297 e. The first kappa shape index (κ1) is 17.2. The Morgan fingerprint density at radius 2 is 1.40 bits per heavy atom. The molecule has 0 aliphatic heterocycles. The number of hydrogen-bond donors (Lipinski definition) is 0. The molecule has 1 aromatic carbocycles. The Kier molecular flexibility index (Phi) is 5.39. The third kappa shape index (κ3) is 3.61. The second-order valence-electron chi connectivity index (χ2n) is 6.12. The molecular weight excluding hydrogens is 272 g/mol. The van der Waals surface area contributed by atoms with Crippen molar-refractivity contribution in [3.05, 3.63) is 28.8 Å². The van der Waals surface area contributed by atoms with E-state index in [2.05, 4.69) is 13.8 Å². The largest absolute Gasteiger partial charge is 0.297 e. The van der Waals surface area contributed by atoms with Crippen LogP contribution in [-0.4, -0.2) is 14.5 Å². The van der Waals surface area contributed by atoms with Crippen LogP contribution in [0.5, 0.6) is 0 Å². The molecule has 20 heavy (non-hydrogen) atoms. The number of rotatable bonds is 5. The molecule has 0 saturated heterocycles. The highest BCUT2D eigenvalue weighted by atomic mass is 32.2. The van der Waals surface area contributed by atoms with Crippen LogP contribution in [0, 0.1) is 6.92 Å². The summed E-state index contributed by atoms with van der Waals surface area (Å²) in [6, 6.07) is 3.55. The van der Waals surface area contributed by atoms with Gasteiger partial charge < -0.3 is 0 Å². The van der Waals surface area contributed by atoms with Crippen molar-refractivity contribution in [2.45, 2.75) is 71.3 Å². The first-order chi connectivity index (χ1) is 9.08. The molecule has 0 amide bonds. The summed E-state index contributed by atoms with van der Waals surface area (Å²) in [5, 5.41) is 0. The monoisotopic (exact) mass is 298 g/mol. The van der Waals surface area contributed by atoms with Crippen molar-refractivity contribution in [3.63, 3.8) is 0 Å². The van der Waals surface area contributed by atoms with E-state index in [1.165, 1.54) is 0 Å². The second-order valence-corrected chi connectivity index (χ2v) is 7.66. The molecule has 1 rings (SSSR count). The van der Waals surface area contributed by atoms with E-state index in [1.807, 2.05) is 26.8 Å². The van der Waals surface area contributed by atoms with Crippen molar-refractivity contribution in [3.8, 4) is 0 Å². The molecular formula is C16H26O3S. The average Bonchev–Trinajstić information content (AvgIpc) is 2.25. The van der Waals surface area contributed by atoms with Crippen LogP contribution in [-0.2, 0) is 14.3 Å². The summed E-state index contributed by atoms with van der Waals surface area (Å²) in [4.78, 5) is 0.315. The Balaban J connectivity index is 3.61. The summed E-state index contributed by atoms with van der Waals surface area (Å²) < 4.78 is 30.0. The predicted molar refractivity (Wildman–Crippen MR) is 82.8 cm³/mol. The molecule has 0 N–H and O–H groups in total. The zero-order chi connectivity index (χ0) is 15.7. The summed E-state index contributed by atoms with van der Waals surface area (Å²) in [5.41, 5.74) is 3.14. The number of benzene rings is 1. The molecule has 0 aliphatic carbocycles. The van der Waals surface area contributed by atoms with Gasteiger partial charge in [0.25, 0.3) is 10.1 Å². The fourth-order valence-electron chi connectivity index (χ4n) is 2.61. The van der Waals surface area contributed by atoms with E-state index in [0.29, 0.717) is 4.90 Å². The van der Waals surface area contributed by atoms with Crippen LogP contribution in [0.1, 0.15) is 70.1 Å². The van der Waals surface area contributed by atoms with Crippen molar-refractivity contribution in [2.24, 2.45) is 0 Å². The van der Waals surface area contributed by atoms with Crippen LogP contribution in [0.2, 0.25) is 0 Å². The Labute approximate surface area is 123 Å². The van der Waals surface area contributed by atoms with Gasteiger partial charge in [-0.15, -0.1) is 0 Å². The van der Waals surface area contributed by atoms with Crippen LogP contribution in [0.25, 0.3) is 0 Å². The molecule has 4 heteroatoms. The minimum absolute atomic E-state index is 0.132. The lowest BCUT2D eigenvalue weighted by Gasteiger charge is -2.22. The van der Waals surface area contributed by atoms with E-state index in [-0.39, 0.29) is 17.9 Å². The van der Waals surface area contributed by atoms with Gasteiger partial charge in [-0.1, -0.05) is 33.8 Å². The molecule has 0 radical (unpaired) electrons. The van der Waals surface area contributed by atoms with Crippen LogP contribution in [0.4, 0.5) is 0 Å². The van der Waals surface area contributed by atoms with Crippen molar-refractivity contribution in [1.29, 1.82) is 0 Å². The standard InChI is InChI=1S/C16H26O3S/c1-10(2)15-13(7)8-9-14(16(15)11(3)4)20(17,18)19-12(5)6/h8-12H,1-7H3. The fourth-order valence-corrected chi connectivity index (χ4v) is 4.07. The number of hydrogen-bond acceptors (Lipinski definition) is 3. The van der Waals surface area contributed by atoms with E-state index in [4.69, 9.17) is 4.18 Å². The Hall–Kier alpha value is -0.870. The molecule has 0 heterocycles. The Morgan fingerprint density at radius 1 is 0.900 bits per heavy atom. The summed E-state index contributed by atoms with van der Waals surface area (Å²) >= 11 is 0. The summed E-state index contributed by atoms with van der Waals surface area (Å²) in [7, 11) is -3.71. The van der Waals surface area contributed by atoms with E-state index in [1.54, 1.807) is 19.9 Å². The highest BCUT2D eigenvalue weighted by molar-refractivity contribution is 7.86. The van der Waals surface area contributed by atoms with Crippen LogP contribution < -0.4 is 0 Å². The maximum absolute atomic E-state index is 12.4. The lowest BCUT2D eigenvalue weighted by atomic mass is 9.87. The zero-order valence-electron chi connectivity index (χ0n) is 13.5. The van der Waals surface area contributed by atoms with Gasteiger partial charge in [-0.25, -0.2) is 0 Å². The molecule has 0 unspecified atom stereocenters. The molecule has 0 spiro atoms. The molecule has 0 bridgehead atoms. The van der Waals surface area contributed by atoms with E-state index in [9.17, 15) is 8.42 Å². The maximum atomic E-state index is 12.4. The van der Waals surface area contributed by atoms with Gasteiger partial charge in [0.05, 0.1) is 11.0 Å². The fraction of sp³-hybridized carbons (Fsp3) is 0.625. The van der Waals surface area contributed by atoms with Gasteiger partial charge in [0, 0.05) is 0 Å². The second kappa shape index (κ2) is 6.27. The molecule has 0 aromatic heterocycles. The minimum atomic E-state index is -3.71. The first-order valence-corrected chi connectivity index (χ1v) is 8.55. The smallest absolute Gasteiger partial charge is 0.264 e. The van der Waals surface area contributed by atoms with Gasteiger partial charge in [0.1, 0.15) is 0 Å². The van der Waals surface area contributed by atoms with Crippen LogP contribution in [0.3, 0.4) is 0 Å². The van der Waals surface area contributed by atoms with Crippen LogP contribution >= 0.6 is 0 Å². The van der Waals surface area contributed by atoms with Crippen molar-refractivity contribution in [1.82, 2.24) is 0 Å². The Bertz CT molecular complexity index is 570. The van der Waals surface area contributed by atoms with Gasteiger partial charge in [-0.2, -0.15) is 8.42 Å². The third-order valence-corrected chi connectivity index (χ3v) is 4.74. The summed E-state index contributed by atoms with van der Waals surface area (Å²) in [6.45, 7) is 13.7. The normalized spacial score (nSPS) is 12.7. The van der Waals surface area contributed by atoms with Gasteiger partial charge >= 0.3 is 0 Å². The highest BCUT2D eigenvalue weighted by Crippen LogP contribution is 2.35. The lowest BCUT2D eigenvalue weighted by molar-refractivity contribution is 0.248. The summed E-state index contributed by atoms with van der Waals surface area (Å²) in [6.07, 6.45) is -0.358. The molecule has 1 aromatic rings. The molecule has 0 fully saturated rings. The zero-order valence-corrected chi connectivity index (χ0v) is 14.3. The summed E-state index contributed by atoms with van der Waals surface area (Å²) in [5.74, 6) is 0.412. The molecule has 0 saturated carbocycles.